The van der Waals surface area contributed by atoms with E-state index in [4.69, 9.17) is 5.41 Å². The zero-order chi connectivity index (χ0) is 21.6. The molecular weight excluding hydrogens is 410 g/mol. The molecule has 4 rings (SSSR count). The molecule has 0 saturated heterocycles. The second-order valence-electron chi connectivity index (χ2n) is 6.79. The van der Waals surface area contributed by atoms with Gasteiger partial charge in [0.15, 0.2) is 0 Å². The number of hydrogen-bond donors (Lipinski definition) is 3. The standard InChI is InChI=1S/C23H19N5O2S/c24-18(15-5-3-9-25-12-15)11-19(17-7-1-2-8-21(17)29)27-22(30)20-14-31-23(28-20)16-6-4-10-26-13-16/h1-10,12-14,19,24,29H,11H2,(H,27,30). The molecule has 8 heteroatoms. The van der Waals surface area contributed by atoms with E-state index in [1.165, 1.54) is 11.3 Å². The van der Waals surface area contributed by atoms with Crippen molar-refractivity contribution in [3.05, 3.63) is 95.5 Å². The number of carbonyl (C=O) groups excluding carboxylic acids is 1. The molecule has 7 nitrogen and oxygen atoms in total. The first-order chi connectivity index (χ1) is 15.1. The van der Waals surface area contributed by atoms with Crippen LogP contribution in [0.15, 0.2) is 78.7 Å². The van der Waals surface area contributed by atoms with Crippen molar-refractivity contribution in [2.45, 2.75) is 12.5 Å². The molecular formula is C23H19N5O2S. The molecule has 3 heterocycles. The number of nitrogens with one attached hydrogen (secondary N) is 2. The van der Waals surface area contributed by atoms with Crippen molar-refractivity contribution in [2.24, 2.45) is 0 Å². The van der Waals surface area contributed by atoms with E-state index in [2.05, 4.69) is 20.3 Å². The van der Waals surface area contributed by atoms with Crippen molar-refractivity contribution in [1.82, 2.24) is 20.3 Å². The molecule has 0 aliphatic heterocycles. The summed E-state index contributed by atoms with van der Waals surface area (Å²) in [5.41, 5.74) is 2.60. The number of pyridine rings is 2. The summed E-state index contributed by atoms with van der Waals surface area (Å²) in [7, 11) is 0. The molecule has 0 aliphatic rings. The number of phenolic OH excluding ortho intramolecular Hbond substituents is 1. The first kappa shape index (κ1) is 20.4. The Morgan fingerprint density at radius 2 is 1.84 bits per heavy atom. The summed E-state index contributed by atoms with van der Waals surface area (Å²) < 4.78 is 0. The Morgan fingerprint density at radius 1 is 1.06 bits per heavy atom. The number of para-hydroxylation sites is 1. The zero-order valence-electron chi connectivity index (χ0n) is 16.4. The highest BCUT2D eigenvalue weighted by atomic mass is 32.1. The fraction of sp³-hybridized carbons (Fsp3) is 0.0870. The molecule has 3 N–H and O–H groups in total. The predicted octanol–water partition coefficient (Wildman–Crippen LogP) is 4.23. The van der Waals surface area contributed by atoms with Gasteiger partial charge < -0.3 is 15.8 Å². The Bertz CT molecular complexity index is 1190. The Hall–Kier alpha value is -3.91. The van der Waals surface area contributed by atoms with Gasteiger partial charge in [-0.3, -0.25) is 14.8 Å². The molecule has 4 aromatic rings. The number of aromatic nitrogens is 3. The molecule has 0 radical (unpaired) electrons. The number of thiazole rings is 1. The largest absolute Gasteiger partial charge is 0.508 e. The van der Waals surface area contributed by atoms with Crippen molar-refractivity contribution < 1.29 is 9.90 Å². The van der Waals surface area contributed by atoms with Gasteiger partial charge in [-0.2, -0.15) is 0 Å². The zero-order valence-corrected chi connectivity index (χ0v) is 17.2. The number of amides is 1. The quantitative estimate of drug-likeness (QED) is 0.381. The van der Waals surface area contributed by atoms with Crippen molar-refractivity contribution >= 4 is 23.0 Å². The summed E-state index contributed by atoms with van der Waals surface area (Å²) in [6.07, 6.45) is 6.81. The molecule has 31 heavy (non-hydrogen) atoms. The van der Waals surface area contributed by atoms with Crippen molar-refractivity contribution in [2.75, 3.05) is 0 Å². The summed E-state index contributed by atoms with van der Waals surface area (Å²) in [6, 6.07) is 13.4. The van der Waals surface area contributed by atoms with Gasteiger partial charge >= 0.3 is 0 Å². The SMILES string of the molecule is N=C(CC(NC(=O)c1csc(-c2cccnc2)n1)c1ccccc1O)c1cccnc1. The monoisotopic (exact) mass is 429 g/mol. The van der Waals surface area contributed by atoms with Crippen LogP contribution in [-0.2, 0) is 0 Å². The van der Waals surface area contributed by atoms with Crippen molar-refractivity contribution in [3.8, 4) is 16.3 Å². The van der Waals surface area contributed by atoms with Crippen LogP contribution in [-0.4, -0.2) is 31.7 Å². The second-order valence-corrected chi connectivity index (χ2v) is 7.65. The molecule has 0 spiro atoms. The minimum atomic E-state index is -0.607. The third-order valence-electron chi connectivity index (χ3n) is 4.68. The van der Waals surface area contributed by atoms with Crippen LogP contribution in [0.3, 0.4) is 0 Å². The molecule has 0 saturated carbocycles. The topological polar surface area (TPSA) is 112 Å². The van der Waals surface area contributed by atoms with Gasteiger partial charge in [0.1, 0.15) is 16.5 Å². The van der Waals surface area contributed by atoms with Gasteiger partial charge in [0.2, 0.25) is 0 Å². The molecule has 1 amide bonds. The van der Waals surface area contributed by atoms with Crippen LogP contribution in [0.2, 0.25) is 0 Å². The van der Waals surface area contributed by atoms with Gasteiger partial charge in [-0.15, -0.1) is 11.3 Å². The third-order valence-corrected chi connectivity index (χ3v) is 5.57. The molecule has 3 aromatic heterocycles. The van der Waals surface area contributed by atoms with Gasteiger partial charge in [0, 0.05) is 59.0 Å². The van der Waals surface area contributed by atoms with E-state index in [1.807, 2.05) is 12.1 Å². The summed E-state index contributed by atoms with van der Waals surface area (Å²) in [4.78, 5) is 25.5. The summed E-state index contributed by atoms with van der Waals surface area (Å²) in [5.74, 6) is -0.320. The number of aromatic hydroxyl groups is 1. The number of hydrogen-bond acceptors (Lipinski definition) is 7. The predicted molar refractivity (Wildman–Crippen MR) is 119 cm³/mol. The molecule has 1 aromatic carbocycles. The lowest BCUT2D eigenvalue weighted by atomic mass is 9.97. The Morgan fingerprint density at radius 3 is 2.55 bits per heavy atom. The third kappa shape index (κ3) is 4.81. The number of benzene rings is 1. The van der Waals surface area contributed by atoms with Crippen LogP contribution in [0.1, 0.15) is 34.1 Å². The highest BCUT2D eigenvalue weighted by molar-refractivity contribution is 7.13. The second kappa shape index (κ2) is 9.27. The molecule has 154 valence electrons. The van der Waals surface area contributed by atoms with Crippen LogP contribution in [0.5, 0.6) is 5.75 Å². The summed E-state index contributed by atoms with van der Waals surface area (Å²) in [5, 5.41) is 24.1. The van der Waals surface area contributed by atoms with E-state index in [1.54, 1.807) is 66.6 Å². The molecule has 0 bridgehead atoms. The van der Waals surface area contributed by atoms with Crippen LogP contribution >= 0.6 is 11.3 Å². The Balaban J connectivity index is 1.57. The van der Waals surface area contributed by atoms with Gasteiger partial charge in [-0.05, 0) is 24.3 Å². The average Bonchev–Trinajstić information content (AvgIpc) is 3.31. The first-order valence-electron chi connectivity index (χ1n) is 9.54. The van der Waals surface area contributed by atoms with E-state index < -0.39 is 6.04 Å². The minimum absolute atomic E-state index is 0.0566. The minimum Gasteiger partial charge on any atom is -0.508 e. The first-order valence-corrected chi connectivity index (χ1v) is 10.4. The van der Waals surface area contributed by atoms with Gasteiger partial charge in [0.25, 0.3) is 5.91 Å². The Kier molecular flexibility index (Phi) is 6.09. The van der Waals surface area contributed by atoms with Crippen molar-refractivity contribution in [1.29, 1.82) is 5.41 Å². The lowest BCUT2D eigenvalue weighted by molar-refractivity contribution is 0.0933. The van der Waals surface area contributed by atoms with E-state index in [-0.39, 0.29) is 23.8 Å². The van der Waals surface area contributed by atoms with Crippen molar-refractivity contribution in [3.63, 3.8) is 0 Å². The highest BCUT2D eigenvalue weighted by Crippen LogP contribution is 2.28. The van der Waals surface area contributed by atoms with Gasteiger partial charge in [-0.1, -0.05) is 24.3 Å². The summed E-state index contributed by atoms with van der Waals surface area (Å²) in [6.45, 7) is 0. The fourth-order valence-corrected chi connectivity index (χ4v) is 3.91. The maximum Gasteiger partial charge on any atom is 0.271 e. The van der Waals surface area contributed by atoms with E-state index >= 15 is 0 Å². The van der Waals surface area contributed by atoms with Crippen LogP contribution in [0.25, 0.3) is 10.6 Å². The number of phenols is 1. The van der Waals surface area contributed by atoms with E-state index in [9.17, 15) is 9.90 Å². The maximum absolute atomic E-state index is 13.0. The maximum atomic E-state index is 13.0. The molecule has 1 unspecified atom stereocenters. The van der Waals surface area contributed by atoms with Gasteiger partial charge in [0.05, 0.1) is 6.04 Å². The summed E-state index contributed by atoms with van der Waals surface area (Å²) >= 11 is 1.36. The lowest BCUT2D eigenvalue weighted by Gasteiger charge is -2.20. The van der Waals surface area contributed by atoms with E-state index in [0.717, 1.165) is 5.56 Å². The normalized spacial score (nSPS) is 11.6. The highest BCUT2D eigenvalue weighted by Gasteiger charge is 2.22. The molecule has 1 atom stereocenters. The smallest absolute Gasteiger partial charge is 0.271 e. The number of carbonyl (C=O) groups is 1. The lowest BCUT2D eigenvalue weighted by Crippen LogP contribution is -2.30. The van der Waals surface area contributed by atoms with Crippen LogP contribution in [0, 0.1) is 5.41 Å². The van der Waals surface area contributed by atoms with Crippen LogP contribution < -0.4 is 5.32 Å². The van der Waals surface area contributed by atoms with Gasteiger partial charge in [-0.25, -0.2) is 4.98 Å². The number of nitrogens with zero attached hydrogens (tertiary/aromatic N) is 3. The molecule has 0 fully saturated rings. The Labute approximate surface area is 183 Å². The average molecular weight is 430 g/mol. The van der Waals surface area contributed by atoms with E-state index in [0.29, 0.717) is 21.8 Å². The fourth-order valence-electron chi connectivity index (χ4n) is 3.12. The van der Waals surface area contributed by atoms with Crippen LogP contribution in [0.4, 0.5) is 0 Å². The molecule has 0 aliphatic carbocycles. The number of rotatable bonds is 7.